The highest BCUT2D eigenvalue weighted by atomic mass is 16.7. The van der Waals surface area contributed by atoms with Gasteiger partial charge < -0.3 is 44.5 Å². The van der Waals surface area contributed by atoms with Gasteiger partial charge in [-0.3, -0.25) is 4.79 Å². The summed E-state index contributed by atoms with van der Waals surface area (Å²) in [7, 11) is 0. The van der Waals surface area contributed by atoms with E-state index in [1.54, 1.807) is 49.4 Å². The highest BCUT2D eigenvalue weighted by Crippen LogP contribution is 2.33. The van der Waals surface area contributed by atoms with Crippen molar-refractivity contribution in [2.24, 2.45) is 5.92 Å². The molecule has 3 aromatic carbocycles. The Morgan fingerprint density at radius 2 is 1.60 bits per heavy atom. The molecule has 2 fully saturated rings. The van der Waals surface area contributed by atoms with Crippen LogP contribution in [0.25, 0.3) is 0 Å². The Bertz CT molecular complexity index is 1640. The van der Waals surface area contributed by atoms with E-state index in [1.165, 1.54) is 12.5 Å². The van der Waals surface area contributed by atoms with E-state index in [0.29, 0.717) is 17.0 Å². The first kappa shape index (κ1) is 38.7. The van der Waals surface area contributed by atoms with Crippen LogP contribution in [0.1, 0.15) is 79.5 Å². The van der Waals surface area contributed by atoms with Crippen molar-refractivity contribution in [3.05, 3.63) is 95.1 Å². The third-order valence-electron chi connectivity index (χ3n) is 9.23. The van der Waals surface area contributed by atoms with Crippen LogP contribution in [-0.2, 0) is 36.8 Å². The molecule has 0 spiro atoms. The fraction of sp³-hybridized carbons (Fsp3) is 0.475. The lowest BCUT2D eigenvalue weighted by atomic mass is 9.94. The number of esters is 2. The van der Waals surface area contributed by atoms with Crippen molar-refractivity contribution >= 4 is 23.5 Å². The van der Waals surface area contributed by atoms with Gasteiger partial charge in [-0.2, -0.15) is 0 Å². The quantitative estimate of drug-likeness (QED) is 0.177. The summed E-state index contributed by atoms with van der Waals surface area (Å²) in [4.78, 5) is 42.1. The number of amides is 1. The molecule has 6 atom stereocenters. The Hall–Kier alpha value is -4.49. The Balaban J connectivity index is 1.26. The highest BCUT2D eigenvalue weighted by Gasteiger charge is 2.49. The zero-order valence-electron chi connectivity index (χ0n) is 30.0. The lowest BCUT2D eigenvalue weighted by Crippen LogP contribution is -2.60. The molecule has 0 saturated carbocycles. The number of aliphatic hydroxyl groups excluding tert-OH is 3. The van der Waals surface area contributed by atoms with Crippen LogP contribution in [0.3, 0.4) is 0 Å². The molecule has 2 saturated heterocycles. The number of aliphatic hydroxyl groups is 3. The maximum atomic E-state index is 13.5. The minimum atomic E-state index is -1.88. The van der Waals surface area contributed by atoms with Gasteiger partial charge in [0.1, 0.15) is 36.2 Å². The number of carbonyl (C=O) groups excluding carboxylic acids is 3. The lowest BCUT2D eigenvalue weighted by molar-refractivity contribution is -0.280. The van der Waals surface area contributed by atoms with E-state index in [1.807, 2.05) is 12.1 Å². The number of ether oxygens (including phenoxy) is 4. The van der Waals surface area contributed by atoms with Crippen molar-refractivity contribution < 1.29 is 48.7 Å². The van der Waals surface area contributed by atoms with Gasteiger partial charge in [-0.25, -0.2) is 9.59 Å². The van der Waals surface area contributed by atoms with E-state index in [-0.39, 0.29) is 42.9 Å². The first-order valence-electron chi connectivity index (χ1n) is 18.1. The van der Waals surface area contributed by atoms with Crippen LogP contribution in [-0.4, -0.2) is 83.6 Å². The number of rotatable bonds is 14. The second kappa shape index (κ2) is 18.3. The minimum absolute atomic E-state index is 0.0250. The predicted molar refractivity (Wildman–Crippen MR) is 192 cm³/mol. The summed E-state index contributed by atoms with van der Waals surface area (Å²) in [6, 6.07) is 21.5. The number of hydrogen-bond donors (Lipinski definition) is 4. The Labute approximate surface area is 304 Å². The average Bonchev–Trinajstić information content (AvgIpc) is 3.14. The zero-order valence-corrected chi connectivity index (χ0v) is 30.0. The van der Waals surface area contributed by atoms with Crippen molar-refractivity contribution in [2.75, 3.05) is 24.6 Å². The number of para-hydroxylation sites is 1. The molecule has 5 rings (SSSR count). The number of benzene rings is 3. The maximum Gasteiger partial charge on any atom is 0.344 e. The number of nitrogens with one attached hydrogen (secondary N) is 1. The van der Waals surface area contributed by atoms with Gasteiger partial charge in [0.2, 0.25) is 12.2 Å². The van der Waals surface area contributed by atoms with Crippen LogP contribution in [0.15, 0.2) is 72.8 Å². The van der Waals surface area contributed by atoms with Crippen LogP contribution in [0.5, 0.6) is 5.75 Å². The fourth-order valence-electron chi connectivity index (χ4n) is 6.61. The largest absolute Gasteiger partial charge is 0.493 e. The maximum absolute atomic E-state index is 13.5. The first-order valence-corrected chi connectivity index (χ1v) is 18.1. The highest BCUT2D eigenvalue weighted by molar-refractivity contribution is 5.93. The molecule has 2 aliphatic heterocycles. The lowest BCUT2D eigenvalue weighted by Gasteiger charge is -2.38. The van der Waals surface area contributed by atoms with Gasteiger partial charge in [0.05, 0.1) is 19.1 Å². The second-order valence-corrected chi connectivity index (χ2v) is 13.7. The molecular weight excluding hydrogens is 668 g/mol. The Morgan fingerprint density at radius 3 is 2.31 bits per heavy atom. The van der Waals surface area contributed by atoms with Gasteiger partial charge >= 0.3 is 11.9 Å². The van der Waals surface area contributed by atoms with Crippen molar-refractivity contribution in [1.29, 1.82) is 0 Å². The van der Waals surface area contributed by atoms with Crippen molar-refractivity contribution in [3.63, 3.8) is 0 Å². The number of piperidine rings is 1. The van der Waals surface area contributed by atoms with E-state index < -0.39 is 42.6 Å². The van der Waals surface area contributed by atoms with Crippen LogP contribution in [0, 0.1) is 5.92 Å². The summed E-state index contributed by atoms with van der Waals surface area (Å²) in [5.74, 6) is -1.70. The molecule has 52 heavy (non-hydrogen) atoms. The van der Waals surface area contributed by atoms with Crippen LogP contribution < -0.4 is 15.0 Å². The molecule has 1 amide bonds. The summed E-state index contributed by atoms with van der Waals surface area (Å²) in [6.45, 7) is 8.06. The van der Waals surface area contributed by atoms with Crippen LogP contribution >= 0.6 is 0 Å². The van der Waals surface area contributed by atoms with Gasteiger partial charge in [-0.1, -0.05) is 68.4 Å². The Morgan fingerprint density at radius 1 is 0.885 bits per heavy atom. The Kier molecular flexibility index (Phi) is 13.6. The summed E-state index contributed by atoms with van der Waals surface area (Å²) in [5, 5.41) is 34.8. The molecular formula is C40H50N2O10. The normalized spacial score (nSPS) is 22.4. The number of anilines is 1. The summed E-state index contributed by atoms with van der Waals surface area (Å²) in [5.41, 5.74) is 3.50. The van der Waals surface area contributed by atoms with Crippen molar-refractivity contribution in [3.8, 4) is 5.75 Å². The molecule has 0 bridgehead atoms. The number of nitrogens with zero attached hydrogens (tertiary/aromatic N) is 1. The fourth-order valence-corrected chi connectivity index (χ4v) is 6.61. The number of hydrogen-bond acceptors (Lipinski definition) is 11. The average molecular weight is 719 g/mol. The monoisotopic (exact) mass is 718 g/mol. The molecule has 0 aliphatic carbocycles. The summed E-state index contributed by atoms with van der Waals surface area (Å²) < 4.78 is 21.9. The summed E-state index contributed by atoms with van der Waals surface area (Å²) >= 11 is 0. The third-order valence-corrected chi connectivity index (χ3v) is 9.23. The van der Waals surface area contributed by atoms with Crippen LogP contribution in [0.2, 0.25) is 0 Å². The third kappa shape index (κ3) is 9.88. The number of carbonyl (C=O) groups is 3. The zero-order chi connectivity index (χ0) is 37.2. The van der Waals surface area contributed by atoms with E-state index in [0.717, 1.165) is 43.6 Å². The van der Waals surface area contributed by atoms with Gasteiger partial charge in [0.15, 0.2) is 6.10 Å². The van der Waals surface area contributed by atoms with Crippen LogP contribution in [0.4, 0.5) is 5.69 Å². The van der Waals surface area contributed by atoms with E-state index in [4.69, 9.17) is 18.9 Å². The molecule has 2 aliphatic rings. The molecule has 12 heteroatoms. The standard InChI is InChI=1S/C40H50N2O10/c1-4-49-32-22-27(23-33(43)41-30(21-25(2)3)28-15-9-10-16-31(28)42-19-11-6-12-20-42)17-18-29(32)38(47)52-40-36(46)34(44)35(45)37(51-40)39(48)50-24-26-13-7-5-8-14-26/h5,7-10,13-18,22,25,30,34-37,40,44-46H,4,6,11-12,19-21,23-24H2,1-3H3,(H,41,43)/t30?,34?,35-,36-,37?,40-/m0/s1. The smallest absolute Gasteiger partial charge is 0.344 e. The molecule has 0 aromatic heterocycles. The van der Waals surface area contributed by atoms with E-state index >= 15 is 0 Å². The van der Waals surface area contributed by atoms with Crippen molar-refractivity contribution in [1.82, 2.24) is 5.32 Å². The molecule has 3 unspecified atom stereocenters. The molecule has 12 nitrogen and oxygen atoms in total. The SMILES string of the molecule is CCOc1cc(CC(=O)NC(CC(C)C)c2ccccc2N2CCCCC2)ccc1C(=O)O[C@@H]1OC(C(=O)OCc2ccccc2)[C@@H](O)C(O)[C@@H]1O. The van der Waals surface area contributed by atoms with Gasteiger partial charge in [0.25, 0.3) is 0 Å². The first-order chi connectivity index (χ1) is 25.0. The minimum Gasteiger partial charge on any atom is -0.493 e. The topological polar surface area (TPSA) is 164 Å². The second-order valence-electron chi connectivity index (χ2n) is 13.7. The summed E-state index contributed by atoms with van der Waals surface area (Å²) in [6.07, 6.45) is -4.83. The molecule has 3 aromatic rings. The molecule has 2 heterocycles. The van der Waals surface area contributed by atoms with E-state index in [2.05, 4.69) is 36.2 Å². The molecule has 4 N–H and O–H groups in total. The van der Waals surface area contributed by atoms with Gasteiger partial charge in [0, 0.05) is 18.8 Å². The van der Waals surface area contributed by atoms with Crippen molar-refractivity contribution in [2.45, 2.75) is 96.2 Å². The predicted octanol–water partition coefficient (Wildman–Crippen LogP) is 4.23. The van der Waals surface area contributed by atoms with E-state index in [9.17, 15) is 29.7 Å². The molecule has 280 valence electrons. The van der Waals surface area contributed by atoms with Gasteiger partial charge in [-0.15, -0.1) is 0 Å². The van der Waals surface area contributed by atoms with Gasteiger partial charge in [-0.05, 0) is 73.4 Å². The molecule has 0 radical (unpaired) electrons.